The fourth-order valence-electron chi connectivity index (χ4n) is 2.54. The number of anilines is 2. The quantitative estimate of drug-likeness (QED) is 0.575. The fourth-order valence-corrected chi connectivity index (χ4v) is 3.31. The standard InChI is InChI=1S/C19H16F3N5O4S/c1-12(27-11-23-10-24-27)17(28)25-14-4-6-15(7-5-14)26-18(29)13-2-8-16(9-3-13)32(30,31)19(20,21)22/h2-12H,1H3,(H,25,28)(H,26,29). The highest BCUT2D eigenvalue weighted by Crippen LogP contribution is 2.30. The first-order chi connectivity index (χ1) is 15.0. The molecule has 0 spiro atoms. The minimum absolute atomic E-state index is 0.0369. The minimum atomic E-state index is -5.49. The number of aromatic nitrogens is 3. The van der Waals surface area contributed by atoms with E-state index in [0.29, 0.717) is 23.5 Å². The Labute approximate surface area is 180 Å². The van der Waals surface area contributed by atoms with Crippen LogP contribution in [0.5, 0.6) is 0 Å². The summed E-state index contributed by atoms with van der Waals surface area (Å²) in [6, 6.07) is 8.90. The molecule has 3 aromatic rings. The van der Waals surface area contributed by atoms with Gasteiger partial charge in [-0.3, -0.25) is 9.59 Å². The molecule has 0 saturated carbocycles. The number of nitrogens with one attached hydrogen (secondary N) is 2. The lowest BCUT2D eigenvalue weighted by Gasteiger charge is -2.12. The maximum Gasteiger partial charge on any atom is 0.501 e. The molecule has 168 valence electrons. The molecule has 1 aromatic heterocycles. The van der Waals surface area contributed by atoms with Crippen LogP contribution in [0.2, 0.25) is 0 Å². The molecule has 1 heterocycles. The minimum Gasteiger partial charge on any atom is -0.324 e. The Morgan fingerprint density at radius 1 is 0.969 bits per heavy atom. The maximum absolute atomic E-state index is 12.6. The van der Waals surface area contributed by atoms with E-state index in [1.165, 1.54) is 29.5 Å². The highest BCUT2D eigenvalue weighted by atomic mass is 32.2. The van der Waals surface area contributed by atoms with Gasteiger partial charge in [0.15, 0.2) is 0 Å². The Morgan fingerprint density at radius 3 is 2.03 bits per heavy atom. The molecule has 0 aliphatic heterocycles. The Bertz CT molecular complexity index is 1210. The maximum atomic E-state index is 12.6. The van der Waals surface area contributed by atoms with Crippen molar-refractivity contribution in [2.45, 2.75) is 23.4 Å². The predicted molar refractivity (Wildman–Crippen MR) is 107 cm³/mol. The van der Waals surface area contributed by atoms with Gasteiger partial charge in [-0.05, 0) is 55.5 Å². The molecule has 2 N–H and O–H groups in total. The van der Waals surface area contributed by atoms with Gasteiger partial charge in [0.05, 0.1) is 4.90 Å². The van der Waals surface area contributed by atoms with Crippen LogP contribution >= 0.6 is 0 Å². The molecule has 2 aromatic carbocycles. The van der Waals surface area contributed by atoms with E-state index in [1.54, 1.807) is 19.1 Å². The van der Waals surface area contributed by atoms with Crippen molar-refractivity contribution < 1.29 is 31.2 Å². The molecule has 0 bridgehead atoms. The van der Waals surface area contributed by atoms with Crippen LogP contribution in [-0.4, -0.2) is 40.5 Å². The summed E-state index contributed by atoms with van der Waals surface area (Å²) < 4.78 is 61.9. The molecule has 0 aliphatic carbocycles. The molecular formula is C19H16F3N5O4S. The van der Waals surface area contributed by atoms with Crippen LogP contribution in [0, 0.1) is 0 Å². The lowest BCUT2D eigenvalue weighted by atomic mass is 10.2. The number of hydrogen-bond acceptors (Lipinski definition) is 6. The van der Waals surface area contributed by atoms with Crippen LogP contribution in [0.1, 0.15) is 23.3 Å². The predicted octanol–water partition coefficient (Wildman–Crippen LogP) is 3.02. The SMILES string of the molecule is CC(C(=O)Nc1ccc(NC(=O)c2ccc(S(=O)(=O)C(F)(F)F)cc2)cc1)n1cncn1. The Kier molecular flexibility index (Phi) is 6.30. The second-order valence-electron chi connectivity index (χ2n) is 6.55. The van der Waals surface area contributed by atoms with Crippen LogP contribution in [-0.2, 0) is 14.6 Å². The Balaban J connectivity index is 1.63. The summed E-state index contributed by atoms with van der Waals surface area (Å²) in [5, 5.41) is 9.11. The van der Waals surface area contributed by atoms with Crippen molar-refractivity contribution in [2.24, 2.45) is 0 Å². The van der Waals surface area contributed by atoms with E-state index in [0.717, 1.165) is 12.1 Å². The lowest BCUT2D eigenvalue weighted by molar-refractivity contribution is -0.119. The van der Waals surface area contributed by atoms with Crippen molar-refractivity contribution in [3.05, 3.63) is 66.7 Å². The van der Waals surface area contributed by atoms with Crippen molar-refractivity contribution in [3.8, 4) is 0 Å². The lowest BCUT2D eigenvalue weighted by Crippen LogP contribution is -2.24. The zero-order valence-corrected chi connectivity index (χ0v) is 17.2. The number of hydrogen-bond donors (Lipinski definition) is 2. The average molecular weight is 467 g/mol. The number of amides is 2. The molecule has 13 heteroatoms. The third kappa shape index (κ3) is 4.94. The number of sulfone groups is 1. The van der Waals surface area contributed by atoms with Crippen LogP contribution < -0.4 is 10.6 Å². The highest BCUT2D eigenvalue weighted by Gasteiger charge is 2.46. The van der Waals surface area contributed by atoms with E-state index in [-0.39, 0.29) is 11.5 Å². The number of carbonyl (C=O) groups excluding carboxylic acids is 2. The van der Waals surface area contributed by atoms with E-state index >= 15 is 0 Å². The smallest absolute Gasteiger partial charge is 0.324 e. The number of alkyl halides is 3. The van der Waals surface area contributed by atoms with Crippen LogP contribution in [0.15, 0.2) is 66.1 Å². The number of carbonyl (C=O) groups is 2. The Morgan fingerprint density at radius 2 is 1.53 bits per heavy atom. The second kappa shape index (κ2) is 8.78. The molecule has 2 amide bonds. The van der Waals surface area contributed by atoms with Gasteiger partial charge in [0.2, 0.25) is 5.91 Å². The summed E-state index contributed by atoms with van der Waals surface area (Å²) in [5.74, 6) is -0.987. The summed E-state index contributed by atoms with van der Waals surface area (Å²) in [4.78, 5) is 27.3. The van der Waals surface area contributed by atoms with Gasteiger partial charge in [-0.2, -0.15) is 18.3 Å². The first kappa shape index (κ1) is 22.9. The molecule has 0 saturated heterocycles. The molecule has 1 unspecified atom stereocenters. The topological polar surface area (TPSA) is 123 Å². The molecule has 3 rings (SSSR count). The fraction of sp³-hybridized carbons (Fsp3) is 0.158. The first-order valence-electron chi connectivity index (χ1n) is 8.97. The molecule has 0 fully saturated rings. The molecular weight excluding hydrogens is 451 g/mol. The van der Waals surface area contributed by atoms with E-state index in [1.807, 2.05) is 0 Å². The normalized spacial score (nSPS) is 12.8. The largest absolute Gasteiger partial charge is 0.501 e. The van der Waals surface area contributed by atoms with E-state index < -0.39 is 32.2 Å². The molecule has 32 heavy (non-hydrogen) atoms. The molecule has 1 atom stereocenters. The summed E-state index contributed by atoms with van der Waals surface area (Å²) in [5.41, 5.74) is -4.66. The third-order valence-electron chi connectivity index (χ3n) is 4.35. The van der Waals surface area contributed by atoms with Gasteiger partial charge >= 0.3 is 5.51 Å². The van der Waals surface area contributed by atoms with Crippen LogP contribution in [0.4, 0.5) is 24.5 Å². The van der Waals surface area contributed by atoms with Crippen molar-refractivity contribution in [1.29, 1.82) is 0 Å². The monoisotopic (exact) mass is 467 g/mol. The summed E-state index contributed by atoms with van der Waals surface area (Å²) >= 11 is 0. The van der Waals surface area contributed by atoms with Gasteiger partial charge in [-0.1, -0.05) is 0 Å². The summed E-state index contributed by atoms with van der Waals surface area (Å²) in [7, 11) is -5.49. The van der Waals surface area contributed by atoms with Crippen molar-refractivity contribution in [3.63, 3.8) is 0 Å². The zero-order chi connectivity index (χ0) is 23.5. The van der Waals surface area contributed by atoms with E-state index in [9.17, 15) is 31.2 Å². The van der Waals surface area contributed by atoms with Crippen LogP contribution in [0.25, 0.3) is 0 Å². The zero-order valence-electron chi connectivity index (χ0n) is 16.4. The number of benzene rings is 2. The summed E-state index contributed by atoms with van der Waals surface area (Å²) in [6.45, 7) is 1.64. The summed E-state index contributed by atoms with van der Waals surface area (Å²) in [6.07, 6.45) is 2.72. The van der Waals surface area contributed by atoms with Crippen LogP contribution in [0.3, 0.4) is 0 Å². The van der Waals surface area contributed by atoms with E-state index in [2.05, 4.69) is 20.7 Å². The van der Waals surface area contributed by atoms with Gasteiger partial charge in [0.25, 0.3) is 15.7 Å². The number of nitrogens with zero attached hydrogens (tertiary/aromatic N) is 3. The average Bonchev–Trinajstić information content (AvgIpc) is 3.28. The van der Waals surface area contributed by atoms with Crippen molar-refractivity contribution >= 4 is 33.0 Å². The van der Waals surface area contributed by atoms with E-state index in [4.69, 9.17) is 0 Å². The first-order valence-corrected chi connectivity index (χ1v) is 10.4. The number of halogens is 3. The van der Waals surface area contributed by atoms with Gasteiger partial charge in [-0.15, -0.1) is 0 Å². The second-order valence-corrected chi connectivity index (χ2v) is 8.49. The van der Waals surface area contributed by atoms with Gasteiger partial charge in [-0.25, -0.2) is 18.1 Å². The third-order valence-corrected chi connectivity index (χ3v) is 5.86. The van der Waals surface area contributed by atoms with Gasteiger partial charge < -0.3 is 10.6 Å². The Hall–Kier alpha value is -3.74. The molecule has 0 aliphatic rings. The van der Waals surface area contributed by atoms with Crippen molar-refractivity contribution in [1.82, 2.24) is 14.8 Å². The highest BCUT2D eigenvalue weighted by molar-refractivity contribution is 7.92. The van der Waals surface area contributed by atoms with Crippen molar-refractivity contribution in [2.75, 3.05) is 10.6 Å². The molecule has 9 nitrogen and oxygen atoms in total. The van der Waals surface area contributed by atoms with Gasteiger partial charge in [0, 0.05) is 16.9 Å². The van der Waals surface area contributed by atoms with Gasteiger partial charge in [0.1, 0.15) is 18.7 Å². The number of rotatable bonds is 6. The molecule has 0 radical (unpaired) electrons.